The summed E-state index contributed by atoms with van der Waals surface area (Å²) in [5, 5.41) is 8.18. The highest BCUT2D eigenvalue weighted by atomic mass is 35.5. The third kappa shape index (κ3) is 3.74. The molecule has 0 aromatic heterocycles. The molecule has 2 unspecified atom stereocenters. The van der Waals surface area contributed by atoms with Crippen LogP contribution in [0.5, 0.6) is 0 Å². The first kappa shape index (κ1) is 13.9. The van der Waals surface area contributed by atoms with Crippen molar-refractivity contribution in [2.24, 2.45) is 5.92 Å². The van der Waals surface area contributed by atoms with E-state index in [4.69, 9.17) is 35.4 Å². The lowest BCUT2D eigenvalue weighted by Crippen LogP contribution is -2.36. The minimum atomic E-state index is 0.489. The number of halogens is 2. The molecule has 0 saturated heterocycles. The first-order valence-electron chi connectivity index (χ1n) is 6.07. The highest BCUT2D eigenvalue weighted by molar-refractivity contribution is 7.80. The average Bonchev–Trinajstić information content (AvgIpc) is 2.69. The first-order valence-corrected chi connectivity index (χ1v) is 7.23. The maximum atomic E-state index is 5.95. The summed E-state index contributed by atoms with van der Waals surface area (Å²) in [7, 11) is 0. The van der Waals surface area contributed by atoms with Gasteiger partial charge in [-0.15, -0.1) is 0 Å². The highest BCUT2D eigenvalue weighted by Gasteiger charge is 2.21. The zero-order valence-electron chi connectivity index (χ0n) is 10.2. The van der Waals surface area contributed by atoms with E-state index in [1.807, 2.05) is 6.07 Å². The van der Waals surface area contributed by atoms with Crippen LogP contribution in [0.25, 0.3) is 0 Å². The maximum absolute atomic E-state index is 5.95. The number of hydrogen-bond donors (Lipinski definition) is 2. The van der Waals surface area contributed by atoms with E-state index in [1.165, 1.54) is 19.3 Å². The van der Waals surface area contributed by atoms with Crippen LogP contribution in [0.15, 0.2) is 18.2 Å². The van der Waals surface area contributed by atoms with Crippen LogP contribution < -0.4 is 10.6 Å². The summed E-state index contributed by atoms with van der Waals surface area (Å²) in [6.45, 7) is 2.27. The Labute approximate surface area is 123 Å². The standard InChI is InChI=1S/C13H16Cl2N2S/c1-8-2-3-9(6-8)16-13(18)17-10-4-5-11(14)12(15)7-10/h4-5,7-9H,2-3,6H2,1H3,(H2,16,17,18). The first-order chi connectivity index (χ1) is 8.54. The summed E-state index contributed by atoms with van der Waals surface area (Å²) in [4.78, 5) is 0. The second-order valence-corrected chi connectivity index (χ2v) is 6.07. The van der Waals surface area contributed by atoms with Gasteiger partial charge in [-0.25, -0.2) is 0 Å². The van der Waals surface area contributed by atoms with Crippen molar-refractivity contribution < 1.29 is 0 Å². The Morgan fingerprint density at radius 2 is 2.06 bits per heavy atom. The van der Waals surface area contributed by atoms with Crippen LogP contribution in [-0.2, 0) is 0 Å². The van der Waals surface area contributed by atoms with Crippen molar-refractivity contribution >= 4 is 46.2 Å². The van der Waals surface area contributed by atoms with E-state index in [2.05, 4.69) is 17.6 Å². The molecule has 2 rings (SSSR count). The van der Waals surface area contributed by atoms with Crippen molar-refractivity contribution in [3.63, 3.8) is 0 Å². The minimum absolute atomic E-state index is 0.489. The number of thiocarbonyl (C=S) groups is 1. The molecule has 5 heteroatoms. The molecule has 2 atom stereocenters. The molecule has 1 aliphatic rings. The fourth-order valence-corrected chi connectivity index (χ4v) is 2.85. The molecule has 1 saturated carbocycles. The molecule has 0 spiro atoms. The molecule has 98 valence electrons. The number of hydrogen-bond acceptors (Lipinski definition) is 1. The number of benzene rings is 1. The van der Waals surface area contributed by atoms with Crippen molar-refractivity contribution in [1.29, 1.82) is 0 Å². The molecule has 1 aliphatic carbocycles. The number of rotatable bonds is 2. The maximum Gasteiger partial charge on any atom is 0.170 e. The summed E-state index contributed by atoms with van der Waals surface area (Å²) in [6, 6.07) is 5.88. The van der Waals surface area contributed by atoms with Crippen molar-refractivity contribution in [2.45, 2.75) is 32.2 Å². The van der Waals surface area contributed by atoms with Gasteiger partial charge in [0.05, 0.1) is 10.0 Å². The third-order valence-corrected chi connectivity index (χ3v) is 4.17. The molecule has 1 fully saturated rings. The third-order valence-electron chi connectivity index (χ3n) is 3.21. The molecular formula is C13H16Cl2N2S. The van der Waals surface area contributed by atoms with Gasteiger partial charge >= 0.3 is 0 Å². The predicted molar refractivity (Wildman–Crippen MR) is 82.6 cm³/mol. The van der Waals surface area contributed by atoms with Gasteiger partial charge in [0, 0.05) is 11.7 Å². The Bertz CT molecular complexity index is 451. The van der Waals surface area contributed by atoms with Gasteiger partial charge in [-0.3, -0.25) is 0 Å². The van der Waals surface area contributed by atoms with Crippen LogP contribution in [0, 0.1) is 5.92 Å². The van der Waals surface area contributed by atoms with Crippen molar-refractivity contribution in [1.82, 2.24) is 5.32 Å². The van der Waals surface area contributed by atoms with E-state index in [-0.39, 0.29) is 0 Å². The molecule has 0 aliphatic heterocycles. The van der Waals surface area contributed by atoms with Gasteiger partial charge in [0.1, 0.15) is 0 Å². The zero-order valence-corrected chi connectivity index (χ0v) is 12.5. The Hall–Kier alpha value is -0.510. The molecule has 2 N–H and O–H groups in total. The molecule has 2 nitrogen and oxygen atoms in total. The van der Waals surface area contributed by atoms with Gasteiger partial charge in [-0.05, 0) is 55.6 Å². The lowest BCUT2D eigenvalue weighted by Gasteiger charge is -2.16. The van der Waals surface area contributed by atoms with Gasteiger partial charge in [-0.1, -0.05) is 30.1 Å². The Balaban J connectivity index is 1.89. The number of nitrogens with one attached hydrogen (secondary N) is 2. The smallest absolute Gasteiger partial charge is 0.170 e. The summed E-state index contributed by atoms with van der Waals surface area (Å²) in [5.74, 6) is 0.787. The fourth-order valence-electron chi connectivity index (χ4n) is 2.26. The second-order valence-electron chi connectivity index (χ2n) is 4.84. The molecule has 1 aromatic carbocycles. The van der Waals surface area contributed by atoms with Gasteiger partial charge < -0.3 is 10.6 Å². The van der Waals surface area contributed by atoms with Crippen LogP contribution in [0.2, 0.25) is 10.0 Å². The van der Waals surface area contributed by atoms with E-state index >= 15 is 0 Å². The van der Waals surface area contributed by atoms with Crippen LogP contribution in [0.3, 0.4) is 0 Å². The summed E-state index contributed by atoms with van der Waals surface area (Å²) in [5.41, 5.74) is 0.855. The average molecular weight is 303 g/mol. The lowest BCUT2D eigenvalue weighted by atomic mass is 10.1. The molecular weight excluding hydrogens is 287 g/mol. The topological polar surface area (TPSA) is 24.1 Å². The summed E-state index contributed by atoms with van der Waals surface area (Å²) >= 11 is 17.1. The molecule has 0 bridgehead atoms. The van der Waals surface area contributed by atoms with Gasteiger partial charge in [0.2, 0.25) is 0 Å². The van der Waals surface area contributed by atoms with Crippen LogP contribution in [0.1, 0.15) is 26.2 Å². The predicted octanol–water partition coefficient (Wildman–Crippen LogP) is 4.47. The Kier molecular flexibility index (Phi) is 4.71. The normalized spacial score (nSPS) is 22.8. The molecule has 1 aromatic rings. The quantitative estimate of drug-likeness (QED) is 0.788. The SMILES string of the molecule is CC1CCC(NC(=S)Nc2ccc(Cl)c(Cl)c2)C1. The van der Waals surface area contributed by atoms with E-state index < -0.39 is 0 Å². The van der Waals surface area contributed by atoms with Crippen molar-refractivity contribution in [2.75, 3.05) is 5.32 Å². The highest BCUT2D eigenvalue weighted by Crippen LogP contribution is 2.26. The number of anilines is 1. The molecule has 0 radical (unpaired) electrons. The fraction of sp³-hybridized carbons (Fsp3) is 0.462. The largest absolute Gasteiger partial charge is 0.360 e. The summed E-state index contributed by atoms with van der Waals surface area (Å²) < 4.78 is 0. The van der Waals surface area contributed by atoms with Gasteiger partial charge in [0.15, 0.2) is 5.11 Å². The molecule has 18 heavy (non-hydrogen) atoms. The summed E-state index contributed by atoms with van der Waals surface area (Å²) in [6.07, 6.45) is 3.64. The van der Waals surface area contributed by atoms with Crippen molar-refractivity contribution in [3.05, 3.63) is 28.2 Å². The Morgan fingerprint density at radius 1 is 1.28 bits per heavy atom. The van der Waals surface area contributed by atoms with E-state index in [0.29, 0.717) is 21.2 Å². The monoisotopic (exact) mass is 302 g/mol. The minimum Gasteiger partial charge on any atom is -0.360 e. The lowest BCUT2D eigenvalue weighted by molar-refractivity contribution is 0.572. The van der Waals surface area contributed by atoms with E-state index in [9.17, 15) is 0 Å². The van der Waals surface area contributed by atoms with E-state index in [1.54, 1.807) is 12.1 Å². The van der Waals surface area contributed by atoms with Crippen molar-refractivity contribution in [3.8, 4) is 0 Å². The van der Waals surface area contributed by atoms with E-state index in [0.717, 1.165) is 11.6 Å². The van der Waals surface area contributed by atoms with Gasteiger partial charge in [0.25, 0.3) is 0 Å². The van der Waals surface area contributed by atoms with Crippen LogP contribution in [-0.4, -0.2) is 11.2 Å². The Morgan fingerprint density at radius 3 is 2.67 bits per heavy atom. The molecule has 0 heterocycles. The molecule has 0 amide bonds. The van der Waals surface area contributed by atoms with Gasteiger partial charge in [-0.2, -0.15) is 0 Å². The van der Waals surface area contributed by atoms with Crippen LogP contribution in [0.4, 0.5) is 5.69 Å². The van der Waals surface area contributed by atoms with Crippen LogP contribution >= 0.6 is 35.4 Å². The zero-order chi connectivity index (χ0) is 13.1. The second kappa shape index (κ2) is 6.09.